The monoisotopic (exact) mass is 298 g/mol. The Morgan fingerprint density at radius 2 is 1.59 bits per heavy atom. The molecular formula is C18H18O4. The molecule has 2 aromatic rings. The van der Waals surface area contributed by atoms with Crippen LogP contribution in [0.25, 0.3) is 0 Å². The lowest BCUT2D eigenvalue weighted by atomic mass is 10.2. The van der Waals surface area contributed by atoms with E-state index in [9.17, 15) is 9.59 Å². The molecule has 2 rings (SSSR count). The standard InChI is InChI=1S/C18H18O4/c1-13(2)17(19)22-16-10-8-15(9-11-16)18(20)21-12-14-6-4-3-5-7-14/h3-11,13H,12H2,1-2H3. The summed E-state index contributed by atoms with van der Waals surface area (Å²) in [7, 11) is 0. The quantitative estimate of drug-likeness (QED) is 0.625. The van der Waals surface area contributed by atoms with Crippen LogP contribution in [0.2, 0.25) is 0 Å². The van der Waals surface area contributed by atoms with Gasteiger partial charge >= 0.3 is 11.9 Å². The van der Waals surface area contributed by atoms with Crippen molar-refractivity contribution in [2.45, 2.75) is 20.5 Å². The predicted molar refractivity (Wildman–Crippen MR) is 82.5 cm³/mol. The molecular weight excluding hydrogens is 280 g/mol. The number of carbonyl (C=O) groups is 2. The smallest absolute Gasteiger partial charge is 0.338 e. The highest BCUT2D eigenvalue weighted by atomic mass is 16.5. The summed E-state index contributed by atoms with van der Waals surface area (Å²) in [5.74, 6) is -0.501. The summed E-state index contributed by atoms with van der Waals surface area (Å²) < 4.78 is 10.4. The minimum absolute atomic E-state index is 0.199. The third kappa shape index (κ3) is 4.45. The predicted octanol–water partition coefficient (Wildman–Crippen LogP) is 3.61. The van der Waals surface area contributed by atoms with Crippen LogP contribution in [0.15, 0.2) is 54.6 Å². The lowest BCUT2D eigenvalue weighted by Crippen LogP contribution is -2.14. The van der Waals surface area contributed by atoms with Crippen molar-refractivity contribution in [3.63, 3.8) is 0 Å². The van der Waals surface area contributed by atoms with Crippen LogP contribution in [0.4, 0.5) is 0 Å². The Morgan fingerprint density at radius 3 is 2.18 bits per heavy atom. The molecule has 4 nitrogen and oxygen atoms in total. The molecule has 0 bridgehead atoms. The third-order valence-electron chi connectivity index (χ3n) is 2.99. The first-order valence-electron chi connectivity index (χ1n) is 7.09. The van der Waals surface area contributed by atoms with Gasteiger partial charge in [0.05, 0.1) is 11.5 Å². The Kier molecular flexibility index (Phi) is 5.31. The van der Waals surface area contributed by atoms with Crippen molar-refractivity contribution in [2.24, 2.45) is 5.92 Å². The minimum Gasteiger partial charge on any atom is -0.457 e. The van der Waals surface area contributed by atoms with Gasteiger partial charge in [-0.05, 0) is 29.8 Å². The lowest BCUT2D eigenvalue weighted by molar-refractivity contribution is -0.137. The molecule has 0 aliphatic heterocycles. The molecule has 0 saturated heterocycles. The molecule has 0 amide bonds. The molecule has 22 heavy (non-hydrogen) atoms. The molecule has 0 spiro atoms. The molecule has 2 aromatic carbocycles. The van der Waals surface area contributed by atoms with E-state index < -0.39 is 5.97 Å². The van der Waals surface area contributed by atoms with Crippen molar-refractivity contribution < 1.29 is 19.1 Å². The summed E-state index contributed by atoms with van der Waals surface area (Å²) in [6, 6.07) is 15.8. The summed E-state index contributed by atoms with van der Waals surface area (Å²) in [5, 5.41) is 0. The molecule has 0 radical (unpaired) electrons. The van der Waals surface area contributed by atoms with Crippen LogP contribution in [0.1, 0.15) is 29.8 Å². The number of ether oxygens (including phenoxy) is 2. The Morgan fingerprint density at radius 1 is 0.955 bits per heavy atom. The second kappa shape index (κ2) is 7.41. The van der Waals surface area contributed by atoms with Crippen molar-refractivity contribution in [3.8, 4) is 5.75 Å². The highest BCUT2D eigenvalue weighted by molar-refractivity contribution is 5.89. The van der Waals surface area contributed by atoms with E-state index in [1.165, 1.54) is 0 Å². The van der Waals surface area contributed by atoms with Crippen molar-refractivity contribution in [2.75, 3.05) is 0 Å². The highest BCUT2D eigenvalue weighted by Gasteiger charge is 2.11. The second-order valence-electron chi connectivity index (χ2n) is 5.16. The normalized spacial score (nSPS) is 10.3. The van der Waals surface area contributed by atoms with E-state index in [4.69, 9.17) is 9.47 Å². The molecule has 0 aliphatic rings. The lowest BCUT2D eigenvalue weighted by Gasteiger charge is -2.08. The number of esters is 2. The van der Waals surface area contributed by atoms with E-state index in [1.807, 2.05) is 30.3 Å². The molecule has 0 fully saturated rings. The fourth-order valence-corrected chi connectivity index (χ4v) is 1.70. The largest absolute Gasteiger partial charge is 0.457 e. The maximum absolute atomic E-state index is 11.9. The molecule has 0 aromatic heterocycles. The van der Waals surface area contributed by atoms with Crippen molar-refractivity contribution >= 4 is 11.9 Å². The van der Waals surface area contributed by atoms with Gasteiger partial charge in [-0.25, -0.2) is 4.79 Å². The number of hydrogen-bond acceptors (Lipinski definition) is 4. The first kappa shape index (κ1) is 15.8. The third-order valence-corrected chi connectivity index (χ3v) is 2.99. The van der Waals surface area contributed by atoms with Crippen LogP contribution in [0.5, 0.6) is 5.75 Å². The minimum atomic E-state index is -0.411. The van der Waals surface area contributed by atoms with Crippen LogP contribution in [-0.2, 0) is 16.1 Å². The van der Waals surface area contributed by atoms with E-state index in [-0.39, 0.29) is 18.5 Å². The first-order chi connectivity index (χ1) is 10.6. The highest BCUT2D eigenvalue weighted by Crippen LogP contribution is 2.15. The number of rotatable bonds is 5. The van der Waals surface area contributed by atoms with Gasteiger partial charge in [0.2, 0.25) is 0 Å². The molecule has 0 atom stereocenters. The molecule has 4 heteroatoms. The maximum atomic E-state index is 11.9. The molecule has 0 saturated carbocycles. The Balaban J connectivity index is 1.92. The number of benzene rings is 2. The molecule has 0 heterocycles. The zero-order valence-electron chi connectivity index (χ0n) is 12.6. The Bertz CT molecular complexity index is 630. The van der Waals surface area contributed by atoms with Gasteiger partial charge in [-0.1, -0.05) is 44.2 Å². The van der Waals surface area contributed by atoms with Gasteiger partial charge < -0.3 is 9.47 Å². The van der Waals surface area contributed by atoms with Crippen LogP contribution in [-0.4, -0.2) is 11.9 Å². The first-order valence-corrected chi connectivity index (χ1v) is 7.09. The van der Waals surface area contributed by atoms with Crippen molar-refractivity contribution in [1.82, 2.24) is 0 Å². The topological polar surface area (TPSA) is 52.6 Å². The molecule has 0 unspecified atom stereocenters. The average molecular weight is 298 g/mol. The van der Waals surface area contributed by atoms with Gasteiger partial charge in [0.25, 0.3) is 0 Å². The van der Waals surface area contributed by atoms with E-state index in [1.54, 1.807) is 38.1 Å². The van der Waals surface area contributed by atoms with Gasteiger partial charge in [0.15, 0.2) is 0 Å². The zero-order chi connectivity index (χ0) is 15.9. The SMILES string of the molecule is CC(C)C(=O)Oc1ccc(C(=O)OCc2ccccc2)cc1. The molecule has 114 valence electrons. The summed E-state index contributed by atoms with van der Waals surface area (Å²) >= 11 is 0. The summed E-state index contributed by atoms with van der Waals surface area (Å²) in [6.07, 6.45) is 0. The number of carbonyl (C=O) groups excluding carboxylic acids is 2. The van der Waals surface area contributed by atoms with Crippen molar-refractivity contribution in [1.29, 1.82) is 0 Å². The fraction of sp³-hybridized carbons (Fsp3) is 0.222. The maximum Gasteiger partial charge on any atom is 0.338 e. The summed E-state index contributed by atoms with van der Waals surface area (Å²) in [5.41, 5.74) is 1.35. The van der Waals surface area contributed by atoms with E-state index >= 15 is 0 Å². The Hall–Kier alpha value is -2.62. The fourth-order valence-electron chi connectivity index (χ4n) is 1.70. The van der Waals surface area contributed by atoms with Crippen LogP contribution >= 0.6 is 0 Å². The van der Waals surface area contributed by atoms with Crippen LogP contribution in [0.3, 0.4) is 0 Å². The number of hydrogen-bond donors (Lipinski definition) is 0. The van der Waals surface area contributed by atoms with E-state index in [0.29, 0.717) is 11.3 Å². The average Bonchev–Trinajstić information content (AvgIpc) is 2.54. The second-order valence-corrected chi connectivity index (χ2v) is 5.16. The van der Waals surface area contributed by atoms with Gasteiger partial charge in [-0.15, -0.1) is 0 Å². The van der Waals surface area contributed by atoms with E-state index in [2.05, 4.69) is 0 Å². The van der Waals surface area contributed by atoms with Gasteiger partial charge in [0, 0.05) is 0 Å². The van der Waals surface area contributed by atoms with Gasteiger partial charge in [-0.2, -0.15) is 0 Å². The molecule has 0 N–H and O–H groups in total. The zero-order valence-corrected chi connectivity index (χ0v) is 12.6. The van der Waals surface area contributed by atoms with E-state index in [0.717, 1.165) is 5.56 Å². The van der Waals surface area contributed by atoms with Crippen LogP contribution < -0.4 is 4.74 Å². The Labute approximate surface area is 129 Å². The summed E-state index contributed by atoms with van der Waals surface area (Å²) in [4.78, 5) is 23.4. The van der Waals surface area contributed by atoms with Gasteiger partial charge in [0.1, 0.15) is 12.4 Å². The van der Waals surface area contributed by atoms with Crippen molar-refractivity contribution in [3.05, 3.63) is 65.7 Å². The van der Waals surface area contributed by atoms with Gasteiger partial charge in [-0.3, -0.25) is 4.79 Å². The summed E-state index contributed by atoms with van der Waals surface area (Å²) in [6.45, 7) is 3.75. The van der Waals surface area contributed by atoms with Crippen LogP contribution in [0, 0.1) is 5.92 Å². The molecule has 0 aliphatic carbocycles.